The van der Waals surface area contributed by atoms with E-state index in [4.69, 9.17) is 5.11 Å². The Morgan fingerprint density at radius 1 is 1.00 bits per heavy atom. The Morgan fingerprint density at radius 3 is 2.13 bits per heavy atom. The number of rotatable bonds is 7. The Balaban J connectivity index is 1.91. The molecule has 23 heavy (non-hydrogen) atoms. The zero-order chi connectivity index (χ0) is 16.9. The number of nitrogens with one attached hydrogen (secondary N) is 1. The quantitative estimate of drug-likeness (QED) is 0.642. The summed E-state index contributed by atoms with van der Waals surface area (Å²) in [7, 11) is -3.50. The van der Waals surface area contributed by atoms with Crippen LogP contribution in [0.4, 0.5) is 0 Å². The van der Waals surface area contributed by atoms with Crippen molar-refractivity contribution in [3.8, 4) is 0 Å². The molecule has 0 spiro atoms. The van der Waals surface area contributed by atoms with Gasteiger partial charge in [0.2, 0.25) is 10.0 Å². The Morgan fingerprint density at radius 2 is 1.57 bits per heavy atom. The van der Waals surface area contributed by atoms with Gasteiger partial charge in [-0.25, -0.2) is 13.1 Å². The van der Waals surface area contributed by atoms with Gasteiger partial charge in [0.25, 0.3) is 0 Å². The predicted octanol–water partition coefficient (Wildman–Crippen LogP) is 2.44. The molecule has 0 radical (unpaired) electrons. The molecule has 122 valence electrons. The summed E-state index contributed by atoms with van der Waals surface area (Å²) in [5, 5.41) is 8.72. The van der Waals surface area contributed by atoms with Crippen LogP contribution in [0, 0.1) is 3.57 Å². The van der Waals surface area contributed by atoms with E-state index in [2.05, 4.69) is 27.3 Å². The molecule has 2 N–H and O–H groups in total. The maximum absolute atomic E-state index is 12.1. The highest BCUT2D eigenvalue weighted by Crippen LogP contribution is 2.12. The lowest BCUT2D eigenvalue weighted by atomic mass is 10.1. The van der Waals surface area contributed by atoms with Crippen molar-refractivity contribution in [2.75, 3.05) is 6.54 Å². The highest BCUT2D eigenvalue weighted by atomic mass is 127. The van der Waals surface area contributed by atoms with Crippen molar-refractivity contribution in [2.24, 2.45) is 0 Å². The van der Waals surface area contributed by atoms with Crippen LogP contribution in [0.1, 0.15) is 11.1 Å². The van der Waals surface area contributed by atoms with E-state index in [0.717, 1.165) is 14.7 Å². The molecule has 2 rings (SSSR count). The smallest absolute Gasteiger partial charge is 0.307 e. The average molecular weight is 445 g/mol. The number of benzene rings is 2. The molecule has 0 fully saturated rings. The fraction of sp³-hybridized carbons (Fsp3) is 0.188. The summed E-state index contributed by atoms with van der Waals surface area (Å²) in [5.74, 6) is -0.872. The minimum atomic E-state index is -3.50. The third-order valence-corrected chi connectivity index (χ3v) is 5.40. The molecular formula is C16H16INO4S. The standard InChI is InChI=1S/C16H16INO4S/c17-14-5-7-15(8-6-14)23(21,22)18-10-9-12-1-3-13(4-2-12)11-16(19)20/h1-8,18H,9-11H2,(H,19,20). The van der Waals surface area contributed by atoms with Gasteiger partial charge in [-0.1, -0.05) is 24.3 Å². The van der Waals surface area contributed by atoms with Gasteiger partial charge < -0.3 is 5.11 Å². The van der Waals surface area contributed by atoms with Gasteiger partial charge in [-0.2, -0.15) is 0 Å². The molecule has 0 saturated carbocycles. The minimum absolute atomic E-state index is 0.0142. The first-order valence-electron chi connectivity index (χ1n) is 6.92. The summed E-state index contributed by atoms with van der Waals surface area (Å²) in [4.78, 5) is 10.9. The topological polar surface area (TPSA) is 83.5 Å². The Kier molecular flexibility index (Phi) is 6.14. The number of sulfonamides is 1. The highest BCUT2D eigenvalue weighted by Gasteiger charge is 2.12. The van der Waals surface area contributed by atoms with Gasteiger partial charge in [-0.05, 0) is 64.4 Å². The number of carboxylic acids is 1. The molecule has 0 aliphatic rings. The second kappa shape index (κ2) is 7.89. The SMILES string of the molecule is O=C(O)Cc1ccc(CCNS(=O)(=O)c2ccc(I)cc2)cc1. The third kappa shape index (κ3) is 5.60. The summed E-state index contributed by atoms with van der Waals surface area (Å²) >= 11 is 2.12. The van der Waals surface area contributed by atoms with Gasteiger partial charge >= 0.3 is 5.97 Å². The fourth-order valence-electron chi connectivity index (χ4n) is 2.03. The number of hydrogen-bond donors (Lipinski definition) is 2. The molecule has 0 amide bonds. The van der Waals surface area contributed by atoms with Crippen LogP contribution < -0.4 is 4.72 Å². The van der Waals surface area contributed by atoms with Crippen molar-refractivity contribution in [3.05, 3.63) is 63.2 Å². The molecule has 0 bridgehead atoms. The summed E-state index contributed by atoms with van der Waals surface area (Å²) in [6.07, 6.45) is 0.524. The van der Waals surface area contributed by atoms with Gasteiger partial charge in [0.05, 0.1) is 11.3 Å². The molecule has 0 atom stereocenters. The van der Waals surface area contributed by atoms with E-state index in [1.807, 2.05) is 12.1 Å². The molecule has 7 heteroatoms. The molecule has 0 aliphatic carbocycles. The number of carbonyl (C=O) groups is 1. The van der Waals surface area contributed by atoms with Crippen molar-refractivity contribution in [2.45, 2.75) is 17.7 Å². The van der Waals surface area contributed by atoms with Crippen LogP contribution in [0.25, 0.3) is 0 Å². The first-order chi connectivity index (χ1) is 10.9. The van der Waals surface area contributed by atoms with Gasteiger partial charge in [-0.3, -0.25) is 4.79 Å². The largest absolute Gasteiger partial charge is 0.481 e. The zero-order valence-corrected chi connectivity index (χ0v) is 15.2. The maximum Gasteiger partial charge on any atom is 0.307 e. The first-order valence-corrected chi connectivity index (χ1v) is 9.48. The summed E-state index contributed by atoms with van der Waals surface area (Å²) < 4.78 is 27.8. The van der Waals surface area contributed by atoms with Crippen molar-refractivity contribution < 1.29 is 18.3 Å². The van der Waals surface area contributed by atoms with Crippen molar-refractivity contribution >= 4 is 38.6 Å². The predicted molar refractivity (Wildman–Crippen MR) is 95.8 cm³/mol. The molecule has 5 nitrogen and oxygen atoms in total. The minimum Gasteiger partial charge on any atom is -0.481 e. The van der Waals surface area contributed by atoms with E-state index in [0.29, 0.717) is 6.42 Å². The van der Waals surface area contributed by atoms with E-state index < -0.39 is 16.0 Å². The van der Waals surface area contributed by atoms with E-state index in [9.17, 15) is 13.2 Å². The van der Waals surface area contributed by atoms with Crippen LogP contribution >= 0.6 is 22.6 Å². The third-order valence-electron chi connectivity index (χ3n) is 3.21. The number of halogens is 1. The van der Waals surface area contributed by atoms with E-state index in [1.165, 1.54) is 0 Å². The average Bonchev–Trinajstić information content (AvgIpc) is 2.49. The van der Waals surface area contributed by atoms with Crippen molar-refractivity contribution in [1.29, 1.82) is 0 Å². The van der Waals surface area contributed by atoms with Gasteiger partial charge in [0, 0.05) is 10.1 Å². The summed E-state index contributed by atoms with van der Waals surface area (Å²) in [5.41, 5.74) is 1.67. The van der Waals surface area contributed by atoms with Gasteiger partial charge in [0.15, 0.2) is 0 Å². The summed E-state index contributed by atoms with van der Waals surface area (Å²) in [6, 6.07) is 13.8. The zero-order valence-electron chi connectivity index (χ0n) is 12.2. The molecule has 2 aromatic carbocycles. The van der Waals surface area contributed by atoms with Crippen LogP contribution in [-0.2, 0) is 27.7 Å². The van der Waals surface area contributed by atoms with Crippen LogP contribution in [0.5, 0.6) is 0 Å². The van der Waals surface area contributed by atoms with Crippen LogP contribution in [-0.4, -0.2) is 26.0 Å². The Bertz CT molecular complexity index is 771. The molecule has 0 aromatic heterocycles. The van der Waals surface area contributed by atoms with Crippen molar-refractivity contribution in [3.63, 3.8) is 0 Å². The van der Waals surface area contributed by atoms with Gasteiger partial charge in [-0.15, -0.1) is 0 Å². The molecule has 0 unspecified atom stereocenters. The molecule has 2 aromatic rings. The van der Waals surface area contributed by atoms with Crippen LogP contribution in [0.15, 0.2) is 53.4 Å². The van der Waals surface area contributed by atoms with Crippen LogP contribution in [0.2, 0.25) is 0 Å². The molecule has 0 heterocycles. The lowest BCUT2D eigenvalue weighted by Gasteiger charge is -2.07. The number of hydrogen-bond acceptors (Lipinski definition) is 3. The highest BCUT2D eigenvalue weighted by molar-refractivity contribution is 14.1. The number of carboxylic acid groups (broad SMARTS) is 1. The summed E-state index contributed by atoms with van der Waals surface area (Å²) in [6.45, 7) is 0.284. The lowest BCUT2D eigenvalue weighted by Crippen LogP contribution is -2.26. The monoisotopic (exact) mass is 445 g/mol. The van der Waals surface area contributed by atoms with E-state index in [-0.39, 0.29) is 17.9 Å². The van der Waals surface area contributed by atoms with Crippen molar-refractivity contribution in [1.82, 2.24) is 4.72 Å². The normalized spacial score (nSPS) is 11.3. The second-order valence-electron chi connectivity index (χ2n) is 4.99. The Labute approximate surface area is 148 Å². The molecule has 0 saturated heterocycles. The van der Waals surface area contributed by atoms with E-state index >= 15 is 0 Å². The Hall–Kier alpha value is -1.45. The molecular weight excluding hydrogens is 429 g/mol. The van der Waals surface area contributed by atoms with E-state index in [1.54, 1.807) is 36.4 Å². The second-order valence-corrected chi connectivity index (χ2v) is 8.00. The molecule has 0 aliphatic heterocycles. The lowest BCUT2D eigenvalue weighted by molar-refractivity contribution is -0.136. The fourth-order valence-corrected chi connectivity index (χ4v) is 3.42. The number of aliphatic carboxylic acids is 1. The van der Waals surface area contributed by atoms with Gasteiger partial charge in [0.1, 0.15) is 0 Å². The maximum atomic E-state index is 12.1. The first kappa shape index (κ1) is 17.9. The van der Waals surface area contributed by atoms with Crippen LogP contribution in [0.3, 0.4) is 0 Å².